The number of hydrogen-bond acceptors (Lipinski definition) is 9. The molecule has 12 heteroatoms. The van der Waals surface area contributed by atoms with E-state index in [1.807, 2.05) is 29.2 Å². The molecule has 254 valence electrons. The van der Waals surface area contributed by atoms with Gasteiger partial charge in [0.25, 0.3) is 5.91 Å². The zero-order valence-electron chi connectivity index (χ0n) is 27.7. The maximum Gasteiger partial charge on any atom is 0.255 e. The van der Waals surface area contributed by atoms with Gasteiger partial charge in [0.05, 0.1) is 44.9 Å². The van der Waals surface area contributed by atoms with Crippen LogP contribution in [0.15, 0.2) is 36.4 Å². The number of rotatable bonds is 10. The highest BCUT2D eigenvalue weighted by Gasteiger charge is 2.42. The van der Waals surface area contributed by atoms with Crippen LogP contribution in [0.25, 0.3) is 0 Å². The minimum absolute atomic E-state index is 0.127. The Morgan fingerprint density at radius 2 is 1.79 bits per heavy atom. The van der Waals surface area contributed by atoms with E-state index in [9.17, 15) is 24.4 Å². The van der Waals surface area contributed by atoms with Crippen molar-refractivity contribution in [2.45, 2.75) is 75.4 Å². The lowest BCUT2D eigenvalue weighted by Gasteiger charge is -2.42. The van der Waals surface area contributed by atoms with Crippen LogP contribution in [0.5, 0.6) is 17.2 Å². The summed E-state index contributed by atoms with van der Waals surface area (Å²) in [6.45, 7) is 3.25. The highest BCUT2D eigenvalue weighted by molar-refractivity contribution is 6.05. The number of carbonyl (C=O) groups excluding carboxylic acids is 4. The van der Waals surface area contributed by atoms with Gasteiger partial charge in [-0.2, -0.15) is 5.26 Å². The number of piperidine rings is 3. The van der Waals surface area contributed by atoms with Crippen molar-refractivity contribution in [1.29, 1.82) is 5.26 Å². The van der Waals surface area contributed by atoms with E-state index < -0.39 is 17.4 Å². The summed E-state index contributed by atoms with van der Waals surface area (Å²) in [5, 5.41) is 12.6. The molecule has 4 aliphatic heterocycles. The van der Waals surface area contributed by atoms with Gasteiger partial charge in [-0.25, -0.2) is 0 Å². The Labute approximate surface area is 280 Å². The van der Waals surface area contributed by atoms with Crippen LogP contribution in [-0.4, -0.2) is 97.4 Å². The van der Waals surface area contributed by atoms with E-state index in [0.29, 0.717) is 74.7 Å². The Balaban J connectivity index is 1.03. The fraction of sp³-hybridized carbons (Fsp3) is 0.528. The molecule has 2 aromatic carbocycles. The second-order valence-electron chi connectivity index (χ2n) is 13.0. The molecule has 4 heterocycles. The van der Waals surface area contributed by atoms with E-state index in [1.54, 1.807) is 26.4 Å². The molecule has 3 saturated heterocycles. The Morgan fingerprint density at radius 3 is 2.52 bits per heavy atom. The minimum atomic E-state index is -0.693. The zero-order chi connectivity index (χ0) is 33.8. The van der Waals surface area contributed by atoms with Gasteiger partial charge in [0.15, 0.2) is 11.5 Å². The van der Waals surface area contributed by atoms with Gasteiger partial charge in [0, 0.05) is 37.2 Å². The average molecular weight is 658 g/mol. The van der Waals surface area contributed by atoms with Crippen LogP contribution in [0.4, 0.5) is 0 Å². The van der Waals surface area contributed by atoms with Crippen LogP contribution in [0.2, 0.25) is 0 Å². The summed E-state index contributed by atoms with van der Waals surface area (Å²) in [5.41, 5.74) is 1.46. The van der Waals surface area contributed by atoms with Crippen molar-refractivity contribution in [3.05, 3.63) is 53.1 Å². The first-order valence-corrected chi connectivity index (χ1v) is 16.8. The van der Waals surface area contributed by atoms with Gasteiger partial charge in [-0.1, -0.05) is 18.6 Å². The fourth-order valence-corrected chi connectivity index (χ4v) is 7.60. The molecule has 0 spiro atoms. The van der Waals surface area contributed by atoms with Gasteiger partial charge in [-0.3, -0.25) is 29.4 Å². The van der Waals surface area contributed by atoms with Crippen LogP contribution >= 0.6 is 0 Å². The smallest absolute Gasteiger partial charge is 0.255 e. The summed E-state index contributed by atoms with van der Waals surface area (Å²) < 4.78 is 17.0. The lowest BCUT2D eigenvalue weighted by molar-refractivity contribution is -0.140. The first kappa shape index (κ1) is 33.3. The molecule has 0 saturated carbocycles. The third-order valence-corrected chi connectivity index (χ3v) is 10.4. The Hall–Kier alpha value is -4.63. The van der Waals surface area contributed by atoms with E-state index in [0.717, 1.165) is 36.9 Å². The van der Waals surface area contributed by atoms with E-state index in [4.69, 9.17) is 14.2 Å². The summed E-state index contributed by atoms with van der Waals surface area (Å²) in [5.74, 6) is 0.965. The summed E-state index contributed by atoms with van der Waals surface area (Å²) in [6, 6.07) is 12.7. The van der Waals surface area contributed by atoms with Crippen molar-refractivity contribution in [3.8, 4) is 23.3 Å². The molecule has 2 unspecified atom stereocenters. The van der Waals surface area contributed by atoms with Gasteiger partial charge in [0.2, 0.25) is 17.7 Å². The third kappa shape index (κ3) is 6.43. The number of amides is 4. The van der Waals surface area contributed by atoms with E-state index in [-0.39, 0.29) is 36.7 Å². The van der Waals surface area contributed by atoms with E-state index in [1.165, 1.54) is 4.90 Å². The van der Waals surface area contributed by atoms with Crippen molar-refractivity contribution in [1.82, 2.24) is 20.0 Å². The van der Waals surface area contributed by atoms with Crippen LogP contribution in [0, 0.1) is 11.3 Å². The zero-order valence-corrected chi connectivity index (χ0v) is 27.7. The number of nitrogens with zero attached hydrogens (tertiary/aromatic N) is 4. The van der Waals surface area contributed by atoms with E-state index >= 15 is 0 Å². The largest absolute Gasteiger partial charge is 0.493 e. The molecule has 0 bridgehead atoms. The molecular formula is C36H43N5O7. The van der Waals surface area contributed by atoms with Crippen molar-refractivity contribution in [2.24, 2.45) is 0 Å². The summed E-state index contributed by atoms with van der Waals surface area (Å²) in [6.07, 6.45) is 5.16. The second-order valence-corrected chi connectivity index (χ2v) is 13.0. The SMILES string of the molecule is COc1ccc(C2(C#N)CCN(C(=O)C3CCCCN3CCCOc3cccc4c3CN(C3CCC(=O)NC3=O)C4=O)CC2)cc1OC. The summed E-state index contributed by atoms with van der Waals surface area (Å²) in [7, 11) is 3.17. The first-order chi connectivity index (χ1) is 23.3. The number of nitrogens with one attached hydrogen (secondary N) is 1. The summed E-state index contributed by atoms with van der Waals surface area (Å²) >= 11 is 0. The quantitative estimate of drug-likeness (QED) is 0.301. The highest BCUT2D eigenvalue weighted by atomic mass is 16.5. The Kier molecular flexibility index (Phi) is 9.87. The van der Waals surface area contributed by atoms with Crippen molar-refractivity contribution >= 4 is 23.6 Å². The van der Waals surface area contributed by atoms with Crippen LogP contribution in [0.1, 0.15) is 72.9 Å². The normalized spacial score (nSPS) is 22.5. The number of fused-ring (bicyclic) bond motifs is 1. The number of ether oxygens (including phenoxy) is 3. The second kappa shape index (κ2) is 14.2. The molecule has 4 amide bonds. The average Bonchev–Trinajstić information content (AvgIpc) is 3.45. The van der Waals surface area contributed by atoms with Gasteiger partial charge in [0.1, 0.15) is 11.8 Å². The predicted octanol–water partition coefficient (Wildman–Crippen LogP) is 3.17. The number of likely N-dealkylation sites (tertiary alicyclic amines) is 2. The lowest BCUT2D eigenvalue weighted by atomic mass is 9.74. The maximum absolute atomic E-state index is 13.8. The molecule has 3 fully saturated rings. The standard InChI is InChI=1S/C36H43N5O7/c1-46-30-12-10-24(21-31(30)47-2)36(23-37)14-18-40(19-15-36)35(45)28-8-3-4-16-39(28)17-6-20-48-29-9-5-7-25-26(29)22-41(34(25)44)27-11-13-32(42)38-33(27)43/h5,7,9-10,12,21,27-28H,3-4,6,8,11,13-20,22H2,1-2H3,(H,38,42,43). The fourth-order valence-electron chi connectivity index (χ4n) is 7.60. The van der Waals surface area contributed by atoms with Crippen LogP contribution in [-0.2, 0) is 26.3 Å². The highest BCUT2D eigenvalue weighted by Crippen LogP contribution is 2.40. The molecule has 0 aliphatic carbocycles. The van der Waals surface area contributed by atoms with Crippen LogP contribution < -0.4 is 19.5 Å². The number of nitriles is 1. The number of methoxy groups -OCH3 is 2. The molecule has 2 atom stereocenters. The lowest BCUT2D eigenvalue weighted by Crippen LogP contribution is -2.54. The van der Waals surface area contributed by atoms with Crippen molar-refractivity contribution < 1.29 is 33.4 Å². The minimum Gasteiger partial charge on any atom is -0.493 e. The van der Waals surface area contributed by atoms with Crippen molar-refractivity contribution in [2.75, 3.05) is 47.0 Å². The molecule has 2 aromatic rings. The van der Waals surface area contributed by atoms with Gasteiger partial charge in [-0.15, -0.1) is 0 Å². The molecule has 0 radical (unpaired) electrons. The van der Waals surface area contributed by atoms with Gasteiger partial charge >= 0.3 is 0 Å². The topological polar surface area (TPSA) is 142 Å². The molecular weight excluding hydrogens is 614 g/mol. The van der Waals surface area contributed by atoms with Gasteiger partial charge < -0.3 is 24.0 Å². The molecule has 1 N–H and O–H groups in total. The Bertz CT molecular complexity index is 1610. The number of hydrogen-bond donors (Lipinski definition) is 1. The molecule has 4 aliphatic rings. The van der Waals surface area contributed by atoms with Crippen molar-refractivity contribution in [3.63, 3.8) is 0 Å². The predicted molar refractivity (Wildman–Crippen MR) is 174 cm³/mol. The number of carbonyl (C=O) groups is 4. The monoisotopic (exact) mass is 657 g/mol. The molecule has 48 heavy (non-hydrogen) atoms. The molecule has 12 nitrogen and oxygen atoms in total. The number of benzene rings is 2. The summed E-state index contributed by atoms with van der Waals surface area (Å²) in [4.78, 5) is 56.8. The molecule has 6 rings (SSSR count). The Morgan fingerprint density at radius 1 is 1.00 bits per heavy atom. The van der Waals surface area contributed by atoms with E-state index in [2.05, 4.69) is 16.3 Å². The number of imide groups is 1. The maximum atomic E-state index is 13.8. The van der Waals surface area contributed by atoms with Crippen LogP contribution in [0.3, 0.4) is 0 Å². The van der Waals surface area contributed by atoms with Gasteiger partial charge in [-0.05, 0) is 74.9 Å². The third-order valence-electron chi connectivity index (χ3n) is 10.4. The first-order valence-electron chi connectivity index (χ1n) is 16.8. The molecule has 0 aromatic heterocycles.